The van der Waals surface area contributed by atoms with Crippen LogP contribution in [0.5, 0.6) is 0 Å². The third-order valence-electron chi connectivity index (χ3n) is 1.28. The monoisotopic (exact) mass is 250 g/mol. The van der Waals surface area contributed by atoms with Gasteiger partial charge in [0.25, 0.3) is 7.23 Å². The molecule has 0 aliphatic heterocycles. The van der Waals surface area contributed by atoms with E-state index in [4.69, 9.17) is 3.97 Å². The third-order valence-corrected chi connectivity index (χ3v) is 7.07. The van der Waals surface area contributed by atoms with Gasteiger partial charge in [0.2, 0.25) is 7.37 Å². The number of thiol groups is 1. The molecule has 0 radical (unpaired) electrons. The SMILES string of the molecule is CCP(=O)(CC)OS[PH](=O)OS. The Morgan fingerprint density at radius 3 is 2.33 bits per heavy atom. The molecule has 74 valence electrons. The van der Waals surface area contributed by atoms with E-state index in [1.807, 2.05) is 0 Å². The van der Waals surface area contributed by atoms with Crippen LogP contribution in [0.2, 0.25) is 0 Å². The lowest BCUT2D eigenvalue weighted by molar-refractivity contribution is 0.511. The fourth-order valence-electron chi connectivity index (χ4n) is 0.443. The Labute approximate surface area is 82.7 Å². The second-order valence-corrected chi connectivity index (χ2v) is 8.33. The molecule has 0 N–H and O–H groups in total. The summed E-state index contributed by atoms with van der Waals surface area (Å²) in [6, 6.07) is 0. The van der Waals surface area contributed by atoms with Crippen molar-refractivity contribution >= 4 is 39.2 Å². The maximum atomic E-state index is 11.5. The van der Waals surface area contributed by atoms with E-state index in [0.717, 1.165) is 0 Å². The highest BCUT2D eigenvalue weighted by atomic mass is 32.7. The van der Waals surface area contributed by atoms with Gasteiger partial charge in [-0.05, 0) is 12.9 Å². The fraction of sp³-hybridized carbons (Fsp3) is 1.00. The molecule has 0 aromatic heterocycles. The minimum absolute atomic E-state index is 0.443. The summed E-state index contributed by atoms with van der Waals surface area (Å²) in [6.45, 7) is 3.53. The molecule has 0 aromatic carbocycles. The van der Waals surface area contributed by atoms with Crippen LogP contribution < -0.4 is 0 Å². The van der Waals surface area contributed by atoms with Crippen molar-refractivity contribution in [2.45, 2.75) is 13.8 Å². The molecular formula is C4H12O4P2S2. The summed E-state index contributed by atoms with van der Waals surface area (Å²) in [7, 11) is -4.92. The van der Waals surface area contributed by atoms with Crippen LogP contribution in [0.4, 0.5) is 0 Å². The molecule has 4 nitrogen and oxygen atoms in total. The van der Waals surface area contributed by atoms with Crippen molar-refractivity contribution in [3.63, 3.8) is 0 Å². The molecule has 0 saturated carbocycles. The molecule has 12 heavy (non-hydrogen) atoms. The molecule has 0 heterocycles. The van der Waals surface area contributed by atoms with Gasteiger partial charge in [-0.2, -0.15) is 0 Å². The van der Waals surface area contributed by atoms with Crippen LogP contribution in [0.3, 0.4) is 0 Å². The normalized spacial score (nSPS) is 14.6. The average Bonchev–Trinajstić information content (AvgIpc) is 2.13. The second-order valence-electron chi connectivity index (χ2n) is 1.95. The van der Waals surface area contributed by atoms with Gasteiger partial charge >= 0.3 is 0 Å². The molecule has 0 rings (SSSR count). The van der Waals surface area contributed by atoms with Crippen LogP contribution in [0.15, 0.2) is 0 Å². The van der Waals surface area contributed by atoms with E-state index < -0.39 is 14.6 Å². The van der Waals surface area contributed by atoms with Crippen molar-refractivity contribution < 1.29 is 17.1 Å². The highest BCUT2D eigenvalue weighted by Crippen LogP contribution is 2.56. The van der Waals surface area contributed by atoms with E-state index in [-0.39, 0.29) is 0 Å². The van der Waals surface area contributed by atoms with Gasteiger partial charge in [0.15, 0.2) is 0 Å². The van der Waals surface area contributed by atoms with E-state index in [0.29, 0.717) is 24.0 Å². The van der Waals surface area contributed by atoms with Crippen LogP contribution >= 0.6 is 39.2 Å². The Bertz CT molecular complexity index is 189. The van der Waals surface area contributed by atoms with Crippen LogP contribution in [0.25, 0.3) is 0 Å². The lowest BCUT2D eigenvalue weighted by Crippen LogP contribution is -1.88. The quantitative estimate of drug-likeness (QED) is 0.445. The van der Waals surface area contributed by atoms with Gasteiger partial charge in [0, 0.05) is 12.3 Å². The minimum Gasteiger partial charge on any atom is -0.292 e. The van der Waals surface area contributed by atoms with Crippen molar-refractivity contribution in [3.05, 3.63) is 0 Å². The first-order valence-electron chi connectivity index (χ1n) is 3.37. The second kappa shape index (κ2) is 6.52. The summed E-state index contributed by atoms with van der Waals surface area (Å²) in [5.74, 6) is 0. The Morgan fingerprint density at radius 2 is 2.00 bits per heavy atom. The first-order chi connectivity index (χ1) is 5.58. The van der Waals surface area contributed by atoms with E-state index in [2.05, 4.69) is 16.9 Å². The van der Waals surface area contributed by atoms with Gasteiger partial charge in [-0.3, -0.25) is 13.1 Å². The molecule has 0 spiro atoms. The lowest BCUT2D eigenvalue weighted by Gasteiger charge is -2.11. The summed E-state index contributed by atoms with van der Waals surface area (Å²) in [5, 5.41) is 0. The van der Waals surface area contributed by atoms with Crippen LogP contribution in [-0.4, -0.2) is 12.3 Å². The van der Waals surface area contributed by atoms with E-state index in [9.17, 15) is 9.13 Å². The molecule has 0 fully saturated rings. The zero-order valence-electron chi connectivity index (χ0n) is 6.85. The maximum absolute atomic E-state index is 11.5. The number of rotatable bonds is 6. The fourth-order valence-corrected chi connectivity index (χ4v) is 4.69. The summed E-state index contributed by atoms with van der Waals surface area (Å²) >= 11 is 3.96. The zero-order valence-corrected chi connectivity index (χ0v) is 10.5. The van der Waals surface area contributed by atoms with Crippen molar-refractivity contribution in [3.8, 4) is 0 Å². The Hall–Kier alpha value is 1.08. The highest BCUT2D eigenvalue weighted by molar-refractivity contribution is 8.49. The molecule has 8 heteroatoms. The molecule has 1 atom stereocenters. The lowest BCUT2D eigenvalue weighted by atomic mass is 11.0. The van der Waals surface area contributed by atoms with Crippen molar-refractivity contribution in [1.82, 2.24) is 0 Å². The van der Waals surface area contributed by atoms with Crippen LogP contribution in [-0.2, 0) is 17.1 Å². The Balaban J connectivity index is 3.89. The standard InChI is InChI=1S/C4H12O4P2S2/c1-3-10(6,4-2)8-12-9(5)7-11/h9,11H,3-4H2,1-2H3. The molecule has 1 unspecified atom stereocenters. The van der Waals surface area contributed by atoms with Crippen LogP contribution in [0.1, 0.15) is 13.8 Å². The van der Waals surface area contributed by atoms with Crippen LogP contribution in [0, 0.1) is 0 Å². The van der Waals surface area contributed by atoms with Gasteiger partial charge in [0.1, 0.15) is 0 Å². The van der Waals surface area contributed by atoms with Gasteiger partial charge in [-0.15, -0.1) is 0 Å². The predicted octanol–water partition coefficient (Wildman–Crippen LogP) is 3.22. The van der Waals surface area contributed by atoms with E-state index >= 15 is 0 Å². The molecule has 0 aromatic rings. The highest BCUT2D eigenvalue weighted by Gasteiger charge is 2.19. The third kappa shape index (κ3) is 4.95. The molecule has 0 aliphatic carbocycles. The summed E-state index contributed by atoms with van der Waals surface area (Å²) in [5.41, 5.74) is 0. The molecule has 0 bridgehead atoms. The topological polar surface area (TPSA) is 52.6 Å². The Morgan fingerprint density at radius 1 is 1.50 bits per heavy atom. The molecular weight excluding hydrogens is 238 g/mol. The molecule has 0 amide bonds. The molecule has 0 aliphatic rings. The molecule has 0 saturated heterocycles. The van der Waals surface area contributed by atoms with Gasteiger partial charge < -0.3 is 0 Å². The Kier molecular flexibility index (Phi) is 7.11. The van der Waals surface area contributed by atoms with Gasteiger partial charge in [-0.25, -0.2) is 3.97 Å². The summed E-state index contributed by atoms with van der Waals surface area (Å²) in [4.78, 5) is 0. The number of hydrogen-bond donors (Lipinski definition) is 1. The van der Waals surface area contributed by atoms with Crippen molar-refractivity contribution in [1.29, 1.82) is 0 Å². The summed E-state index contributed by atoms with van der Waals surface area (Å²) in [6.07, 6.45) is 0.885. The van der Waals surface area contributed by atoms with E-state index in [1.54, 1.807) is 13.8 Å². The smallest absolute Gasteiger partial charge is 0.283 e. The minimum atomic E-state index is -2.57. The zero-order chi connectivity index (χ0) is 9.61. The largest absolute Gasteiger partial charge is 0.292 e. The van der Waals surface area contributed by atoms with Gasteiger partial charge in [-0.1, -0.05) is 13.8 Å². The predicted molar refractivity (Wildman–Crippen MR) is 56.4 cm³/mol. The van der Waals surface area contributed by atoms with Crippen molar-refractivity contribution in [2.24, 2.45) is 0 Å². The van der Waals surface area contributed by atoms with Gasteiger partial charge in [0.05, 0.1) is 11.7 Å². The maximum Gasteiger partial charge on any atom is 0.283 e. The first kappa shape index (κ1) is 13.1. The van der Waals surface area contributed by atoms with E-state index in [1.165, 1.54) is 0 Å². The summed E-state index contributed by atoms with van der Waals surface area (Å²) < 4.78 is 31.3. The van der Waals surface area contributed by atoms with Crippen molar-refractivity contribution in [2.75, 3.05) is 12.3 Å². The average molecular weight is 250 g/mol. The number of hydrogen-bond acceptors (Lipinski definition) is 6. The first-order valence-corrected chi connectivity index (χ1v) is 8.52.